The molecule has 3 aromatic rings. The fourth-order valence-corrected chi connectivity index (χ4v) is 2.48. The van der Waals surface area contributed by atoms with Gasteiger partial charge in [0.2, 0.25) is 0 Å². The highest BCUT2D eigenvalue weighted by Gasteiger charge is 2.20. The van der Waals surface area contributed by atoms with Crippen molar-refractivity contribution in [3.05, 3.63) is 95.1 Å². The van der Waals surface area contributed by atoms with E-state index < -0.39 is 17.7 Å². The van der Waals surface area contributed by atoms with E-state index in [0.717, 1.165) is 12.1 Å². The van der Waals surface area contributed by atoms with Crippen molar-refractivity contribution in [2.24, 2.45) is 0 Å². The summed E-state index contributed by atoms with van der Waals surface area (Å²) in [5, 5.41) is 18.8. The fraction of sp³-hybridized carbons (Fsp3) is 0. The summed E-state index contributed by atoms with van der Waals surface area (Å²) >= 11 is 0. The Morgan fingerprint density at radius 3 is 2.07 bits per heavy atom. The van der Waals surface area contributed by atoms with Crippen LogP contribution in [0.4, 0.5) is 0 Å². The minimum atomic E-state index is -1.23. The molecule has 3 rings (SSSR count). The number of phenolic OH excluding ortho intramolecular Hbond substituents is 1. The SMILES string of the molecule is O=C(O)c1ccc(C(=O)Oc2ccccc2C(=O)c2ccccc2)c(O)c1. The first kappa shape index (κ1) is 17.9. The van der Waals surface area contributed by atoms with Gasteiger partial charge in [0.05, 0.1) is 11.1 Å². The van der Waals surface area contributed by atoms with E-state index in [4.69, 9.17) is 9.84 Å². The van der Waals surface area contributed by atoms with Crippen molar-refractivity contribution in [3.63, 3.8) is 0 Å². The van der Waals surface area contributed by atoms with Gasteiger partial charge < -0.3 is 14.9 Å². The second kappa shape index (κ2) is 7.53. The van der Waals surface area contributed by atoms with E-state index in [9.17, 15) is 19.5 Å². The second-order valence-electron chi connectivity index (χ2n) is 5.62. The van der Waals surface area contributed by atoms with E-state index >= 15 is 0 Å². The number of ketones is 1. The number of benzene rings is 3. The molecule has 0 radical (unpaired) electrons. The number of para-hydroxylation sites is 1. The summed E-state index contributed by atoms with van der Waals surface area (Å²) in [6, 6.07) is 18.1. The summed E-state index contributed by atoms with van der Waals surface area (Å²) in [5.74, 6) is -2.93. The predicted molar refractivity (Wildman–Crippen MR) is 96.3 cm³/mol. The zero-order valence-corrected chi connectivity index (χ0v) is 14.0. The first-order chi connectivity index (χ1) is 13.0. The molecule has 0 aromatic heterocycles. The molecule has 0 atom stereocenters. The number of aromatic carboxylic acids is 1. The first-order valence-electron chi connectivity index (χ1n) is 7.94. The number of ether oxygens (including phenoxy) is 1. The van der Waals surface area contributed by atoms with Crippen molar-refractivity contribution in [2.75, 3.05) is 0 Å². The van der Waals surface area contributed by atoms with Crippen molar-refractivity contribution in [1.82, 2.24) is 0 Å². The number of rotatable bonds is 5. The minimum absolute atomic E-state index is 0.0399. The van der Waals surface area contributed by atoms with Crippen LogP contribution < -0.4 is 4.74 Å². The Morgan fingerprint density at radius 1 is 0.741 bits per heavy atom. The Balaban J connectivity index is 1.90. The Kier molecular flexibility index (Phi) is 4.99. The molecule has 6 nitrogen and oxygen atoms in total. The third kappa shape index (κ3) is 3.85. The van der Waals surface area contributed by atoms with Gasteiger partial charge in [0.15, 0.2) is 5.78 Å². The molecule has 27 heavy (non-hydrogen) atoms. The lowest BCUT2D eigenvalue weighted by atomic mass is 10.0. The molecule has 0 saturated carbocycles. The van der Waals surface area contributed by atoms with Gasteiger partial charge in [-0.25, -0.2) is 9.59 Å². The van der Waals surface area contributed by atoms with Crippen molar-refractivity contribution in [1.29, 1.82) is 0 Å². The quantitative estimate of drug-likeness (QED) is 0.409. The number of phenols is 1. The molecule has 6 heteroatoms. The molecule has 0 bridgehead atoms. The molecular weight excluding hydrogens is 348 g/mol. The molecule has 0 amide bonds. The van der Waals surface area contributed by atoms with Crippen LogP contribution in [0.3, 0.4) is 0 Å². The largest absolute Gasteiger partial charge is 0.507 e. The zero-order chi connectivity index (χ0) is 19.4. The van der Waals surface area contributed by atoms with Crippen LogP contribution in [-0.2, 0) is 0 Å². The third-order valence-corrected chi connectivity index (χ3v) is 3.83. The maximum absolute atomic E-state index is 12.7. The van der Waals surface area contributed by atoms with Crippen LogP contribution in [0.1, 0.15) is 36.6 Å². The number of carboxylic acid groups (broad SMARTS) is 1. The Bertz CT molecular complexity index is 1020. The van der Waals surface area contributed by atoms with Crippen LogP contribution in [0, 0.1) is 0 Å². The van der Waals surface area contributed by atoms with E-state index in [1.54, 1.807) is 42.5 Å². The topological polar surface area (TPSA) is 101 Å². The van der Waals surface area contributed by atoms with Gasteiger partial charge in [0, 0.05) is 5.56 Å². The second-order valence-corrected chi connectivity index (χ2v) is 5.62. The standard InChI is InChI=1S/C21H14O6/c22-17-12-14(20(24)25)10-11-15(17)21(26)27-18-9-5-4-8-16(18)19(23)13-6-2-1-3-7-13/h1-12,22H,(H,24,25). The van der Waals surface area contributed by atoms with Crippen LogP contribution in [0.2, 0.25) is 0 Å². The van der Waals surface area contributed by atoms with Gasteiger partial charge in [-0.05, 0) is 30.3 Å². The highest BCUT2D eigenvalue weighted by Crippen LogP contribution is 2.25. The number of carboxylic acids is 1. The van der Waals surface area contributed by atoms with Crippen molar-refractivity contribution >= 4 is 17.7 Å². The van der Waals surface area contributed by atoms with Gasteiger partial charge in [-0.15, -0.1) is 0 Å². The molecule has 0 heterocycles. The molecule has 0 saturated heterocycles. The number of hydrogen-bond acceptors (Lipinski definition) is 5. The number of carbonyl (C=O) groups excluding carboxylic acids is 2. The van der Waals surface area contributed by atoms with Gasteiger partial charge in [0.1, 0.15) is 17.1 Å². The molecular formula is C21H14O6. The molecule has 0 aliphatic heterocycles. The Labute approximate surface area is 154 Å². The maximum Gasteiger partial charge on any atom is 0.347 e. The van der Waals surface area contributed by atoms with Gasteiger partial charge >= 0.3 is 11.9 Å². The molecule has 0 fully saturated rings. The lowest BCUT2D eigenvalue weighted by Crippen LogP contribution is -2.12. The van der Waals surface area contributed by atoms with E-state index in [2.05, 4.69) is 0 Å². The predicted octanol–water partition coefficient (Wildman–Crippen LogP) is 3.54. The molecule has 0 aliphatic rings. The zero-order valence-electron chi connectivity index (χ0n) is 14.0. The smallest absolute Gasteiger partial charge is 0.347 e. The average Bonchev–Trinajstić information content (AvgIpc) is 2.68. The van der Waals surface area contributed by atoms with Crippen molar-refractivity contribution < 1.29 is 29.3 Å². The molecule has 0 unspecified atom stereocenters. The maximum atomic E-state index is 12.7. The highest BCUT2D eigenvalue weighted by atomic mass is 16.5. The van der Waals surface area contributed by atoms with Gasteiger partial charge in [-0.3, -0.25) is 4.79 Å². The van der Waals surface area contributed by atoms with Gasteiger partial charge in [-0.1, -0.05) is 42.5 Å². The monoisotopic (exact) mass is 362 g/mol. The molecule has 0 aliphatic carbocycles. The lowest BCUT2D eigenvalue weighted by molar-refractivity contribution is 0.0689. The number of hydrogen-bond donors (Lipinski definition) is 2. The molecule has 0 spiro atoms. The lowest BCUT2D eigenvalue weighted by Gasteiger charge is -2.10. The summed E-state index contributed by atoms with van der Waals surface area (Å²) in [6.45, 7) is 0. The molecule has 134 valence electrons. The van der Waals surface area contributed by atoms with Crippen molar-refractivity contribution in [3.8, 4) is 11.5 Å². The van der Waals surface area contributed by atoms with E-state index in [-0.39, 0.29) is 28.2 Å². The molecule has 2 N–H and O–H groups in total. The van der Waals surface area contributed by atoms with E-state index in [0.29, 0.717) is 5.56 Å². The van der Waals surface area contributed by atoms with Crippen LogP contribution in [-0.4, -0.2) is 27.9 Å². The number of aromatic hydroxyl groups is 1. The van der Waals surface area contributed by atoms with Crippen molar-refractivity contribution in [2.45, 2.75) is 0 Å². The van der Waals surface area contributed by atoms with Crippen LogP contribution in [0.5, 0.6) is 11.5 Å². The summed E-state index contributed by atoms with van der Waals surface area (Å²) in [5.41, 5.74) is 0.263. The summed E-state index contributed by atoms with van der Waals surface area (Å²) in [4.78, 5) is 36.0. The average molecular weight is 362 g/mol. The number of esters is 1. The summed E-state index contributed by atoms with van der Waals surface area (Å²) in [7, 11) is 0. The highest BCUT2D eigenvalue weighted by molar-refractivity contribution is 6.11. The summed E-state index contributed by atoms with van der Waals surface area (Å²) in [6.07, 6.45) is 0. The normalized spacial score (nSPS) is 10.2. The number of carbonyl (C=O) groups is 3. The Morgan fingerprint density at radius 2 is 1.41 bits per heavy atom. The summed E-state index contributed by atoms with van der Waals surface area (Å²) < 4.78 is 5.29. The van der Waals surface area contributed by atoms with E-state index in [1.165, 1.54) is 18.2 Å². The fourth-order valence-electron chi connectivity index (χ4n) is 2.48. The van der Waals surface area contributed by atoms with Crippen LogP contribution in [0.15, 0.2) is 72.8 Å². The van der Waals surface area contributed by atoms with E-state index in [1.807, 2.05) is 0 Å². The van der Waals surface area contributed by atoms with Crippen LogP contribution in [0.25, 0.3) is 0 Å². The first-order valence-corrected chi connectivity index (χ1v) is 7.94. The third-order valence-electron chi connectivity index (χ3n) is 3.83. The Hall–Kier alpha value is -3.93. The molecule has 3 aromatic carbocycles. The van der Waals surface area contributed by atoms with Gasteiger partial charge in [-0.2, -0.15) is 0 Å². The minimum Gasteiger partial charge on any atom is -0.507 e. The van der Waals surface area contributed by atoms with Crippen LogP contribution >= 0.6 is 0 Å². The van der Waals surface area contributed by atoms with Gasteiger partial charge in [0.25, 0.3) is 0 Å².